The zero-order valence-electron chi connectivity index (χ0n) is 9.73. The average molecular weight is 424 g/mol. The molecule has 0 aliphatic heterocycles. The van der Waals surface area contributed by atoms with Crippen molar-refractivity contribution in [2.75, 3.05) is 31.2 Å². The van der Waals surface area contributed by atoms with E-state index in [4.69, 9.17) is 16.6 Å². The van der Waals surface area contributed by atoms with Crippen LogP contribution in [0.3, 0.4) is 0 Å². The van der Waals surface area contributed by atoms with Gasteiger partial charge in [0.15, 0.2) is 0 Å². The van der Waals surface area contributed by atoms with Gasteiger partial charge in [-0.2, -0.15) is 0 Å². The molecule has 2 rings (SSSR count). The van der Waals surface area contributed by atoms with E-state index < -0.39 is 0 Å². The summed E-state index contributed by atoms with van der Waals surface area (Å²) in [6, 6.07) is 0. The minimum atomic E-state index is -0.312. The number of aromatic nitrogens is 2. The fourth-order valence-corrected chi connectivity index (χ4v) is 1.88. The van der Waals surface area contributed by atoms with E-state index >= 15 is 0 Å². The number of nitrogens with two attached hydrogens (primary N) is 2. The van der Waals surface area contributed by atoms with Crippen LogP contribution in [0.5, 0.6) is 0 Å². The van der Waals surface area contributed by atoms with E-state index in [-0.39, 0.29) is 56.6 Å². The van der Waals surface area contributed by atoms with E-state index in [2.05, 4.69) is 21.2 Å². The molecule has 7 nitrogen and oxygen atoms in total. The summed E-state index contributed by atoms with van der Waals surface area (Å²) in [5.41, 5.74) is 11.5. The monoisotopic (exact) mass is 425 g/mol. The predicted molar refractivity (Wildman–Crippen MR) is 61.4 cm³/mol. The number of H-pyrrole nitrogens is 1. The standard InChI is InChI=1S/C10H16N5O2.Re/c11-7-2-13-9(12)15-8(7)14-4-10(5-17)1-6(10)3-16;/h6,16-17H,1,3-5,11H2,(H3,12,13,14,15);/q-1;. The van der Waals surface area contributed by atoms with Crippen molar-refractivity contribution in [1.29, 1.82) is 0 Å². The van der Waals surface area contributed by atoms with Gasteiger partial charge in [0.1, 0.15) is 0 Å². The van der Waals surface area contributed by atoms with Crippen molar-refractivity contribution in [2.24, 2.45) is 16.3 Å². The molecule has 0 amide bonds. The Morgan fingerprint density at radius 2 is 2.22 bits per heavy atom. The van der Waals surface area contributed by atoms with Crippen LogP contribution in [0, 0.1) is 17.5 Å². The van der Waals surface area contributed by atoms with Crippen LogP contribution in [-0.4, -0.2) is 39.9 Å². The van der Waals surface area contributed by atoms with E-state index in [1.54, 1.807) is 0 Å². The van der Waals surface area contributed by atoms with Crippen molar-refractivity contribution < 1.29 is 30.6 Å². The summed E-state index contributed by atoms with van der Waals surface area (Å²) in [5.74, 6) is 0.297. The van der Waals surface area contributed by atoms with E-state index in [1.165, 1.54) is 0 Å². The fourth-order valence-electron chi connectivity index (χ4n) is 1.88. The fraction of sp³-hybridized carbons (Fsp3) is 0.600. The Bertz CT molecular complexity index is 478. The second-order valence-electron chi connectivity index (χ2n) is 4.42. The second kappa shape index (κ2) is 5.80. The maximum atomic E-state index is 9.30. The molecule has 0 aromatic carbocycles. The smallest absolute Gasteiger partial charge is 0.0844 e. The Morgan fingerprint density at radius 1 is 1.50 bits per heavy atom. The number of hydrogen-bond acceptors (Lipinski definition) is 6. The van der Waals surface area contributed by atoms with Crippen molar-refractivity contribution in [3.8, 4) is 0 Å². The molecule has 18 heavy (non-hydrogen) atoms. The molecule has 1 aromatic heterocycles. The van der Waals surface area contributed by atoms with Crippen LogP contribution >= 0.6 is 0 Å². The molecule has 7 N–H and O–H groups in total. The summed E-state index contributed by atoms with van der Waals surface area (Å²) in [5, 5.41) is 18.3. The quantitative estimate of drug-likeness (QED) is 0.366. The molecule has 1 heterocycles. The zero-order valence-corrected chi connectivity index (χ0v) is 12.4. The molecule has 8 heteroatoms. The molecule has 2 unspecified atom stereocenters. The Kier molecular flexibility index (Phi) is 4.87. The number of rotatable bonds is 4. The minimum absolute atomic E-state index is 0. The van der Waals surface area contributed by atoms with E-state index in [0.29, 0.717) is 12.0 Å². The van der Waals surface area contributed by atoms with Crippen LogP contribution in [-0.2, 0) is 20.4 Å². The first-order valence-corrected chi connectivity index (χ1v) is 5.36. The number of nitrogens with zero attached hydrogens (tertiary/aromatic N) is 2. The Balaban J connectivity index is 0.00000162. The SMILES string of the molecule is Nc1n[c-]c(N)c(=NCC2(CO)CC2CO)[nH]1.[Re]. The van der Waals surface area contributed by atoms with Crippen LogP contribution in [0.1, 0.15) is 6.42 Å². The number of aliphatic hydroxyl groups excluding tert-OH is 2. The molecule has 1 aliphatic rings. The van der Waals surface area contributed by atoms with Gasteiger partial charge in [0.25, 0.3) is 0 Å². The van der Waals surface area contributed by atoms with E-state index in [9.17, 15) is 5.11 Å². The van der Waals surface area contributed by atoms with Crippen LogP contribution in [0.2, 0.25) is 0 Å². The van der Waals surface area contributed by atoms with Crippen LogP contribution < -0.4 is 17.0 Å². The number of aliphatic hydroxyl groups is 2. The molecule has 0 bridgehead atoms. The maximum absolute atomic E-state index is 9.30. The van der Waals surface area contributed by atoms with Gasteiger partial charge in [-0.3, -0.25) is 0 Å². The second-order valence-corrected chi connectivity index (χ2v) is 4.42. The summed E-state index contributed by atoms with van der Waals surface area (Å²) in [4.78, 5) is 10.7. The summed E-state index contributed by atoms with van der Waals surface area (Å²) in [6.07, 6.45) is 3.31. The molecule has 2 atom stereocenters. The van der Waals surface area contributed by atoms with Crippen molar-refractivity contribution in [2.45, 2.75) is 6.42 Å². The normalized spacial score (nSPS) is 26.8. The van der Waals surface area contributed by atoms with Gasteiger partial charge in [-0.05, 0) is 24.2 Å². The van der Waals surface area contributed by atoms with Gasteiger partial charge in [-0.1, -0.05) is 0 Å². The third-order valence-electron chi connectivity index (χ3n) is 3.24. The number of aromatic amines is 1. The molecule has 1 aliphatic carbocycles. The zero-order chi connectivity index (χ0) is 12.5. The van der Waals surface area contributed by atoms with Gasteiger partial charge >= 0.3 is 0 Å². The van der Waals surface area contributed by atoms with Crippen LogP contribution in [0.15, 0.2) is 4.99 Å². The summed E-state index contributed by atoms with van der Waals surface area (Å²) >= 11 is 0. The van der Waals surface area contributed by atoms with Crippen molar-refractivity contribution in [1.82, 2.24) is 9.97 Å². The first kappa shape index (κ1) is 15.1. The molecular formula is C10H16N5O2Re-. The largest absolute Gasteiger partial charge is 0.421 e. The van der Waals surface area contributed by atoms with Gasteiger partial charge in [0.05, 0.1) is 12.6 Å². The van der Waals surface area contributed by atoms with Crippen molar-refractivity contribution >= 4 is 11.6 Å². The van der Waals surface area contributed by atoms with Gasteiger partial charge in [0, 0.05) is 44.5 Å². The summed E-state index contributed by atoms with van der Waals surface area (Å²) in [6.45, 7) is 0.471. The van der Waals surface area contributed by atoms with Gasteiger partial charge in [-0.15, -0.1) is 0 Å². The van der Waals surface area contributed by atoms with Gasteiger partial charge in [-0.25, -0.2) is 0 Å². The Morgan fingerprint density at radius 3 is 2.78 bits per heavy atom. The average Bonchev–Trinajstić information content (AvgIpc) is 3.05. The molecule has 1 fully saturated rings. The molecule has 1 aromatic rings. The molecule has 0 spiro atoms. The number of nitrogen functional groups attached to an aromatic ring is 2. The molecule has 0 saturated heterocycles. The maximum Gasteiger partial charge on any atom is 0.0844 e. The summed E-state index contributed by atoms with van der Waals surface area (Å²) in [7, 11) is 0. The van der Waals surface area contributed by atoms with Crippen molar-refractivity contribution in [3.63, 3.8) is 0 Å². The van der Waals surface area contributed by atoms with Crippen LogP contribution in [0.4, 0.5) is 11.6 Å². The third-order valence-corrected chi connectivity index (χ3v) is 3.24. The molecule has 101 valence electrons. The molecule has 1 saturated carbocycles. The van der Waals surface area contributed by atoms with Crippen molar-refractivity contribution in [3.05, 3.63) is 11.7 Å². The first-order chi connectivity index (χ1) is 8.11. The molecular weight excluding hydrogens is 408 g/mol. The Hall–Kier alpha value is -0.938. The number of hydrogen-bond donors (Lipinski definition) is 5. The first-order valence-electron chi connectivity index (χ1n) is 5.36. The van der Waals surface area contributed by atoms with Crippen LogP contribution in [0.25, 0.3) is 0 Å². The van der Waals surface area contributed by atoms with Gasteiger partial charge < -0.3 is 36.6 Å². The third kappa shape index (κ3) is 2.90. The predicted octanol–water partition coefficient (Wildman–Crippen LogP) is -1.74. The number of anilines is 2. The minimum Gasteiger partial charge on any atom is -0.421 e. The van der Waals surface area contributed by atoms with E-state index in [1.807, 2.05) is 0 Å². The number of nitrogens with one attached hydrogen (secondary N) is 1. The Labute approximate surface area is 118 Å². The molecule has 1 radical (unpaired) electrons. The summed E-state index contributed by atoms with van der Waals surface area (Å²) < 4.78 is 0. The topological polar surface area (TPSA) is 134 Å². The van der Waals surface area contributed by atoms with E-state index in [0.717, 1.165) is 6.42 Å². The van der Waals surface area contributed by atoms with Gasteiger partial charge in [0.2, 0.25) is 0 Å².